The van der Waals surface area contributed by atoms with Crippen LogP contribution in [0.4, 0.5) is 0 Å². The zero-order valence-electron chi connectivity index (χ0n) is 12.6. The molecular weight excluding hydrogens is 260 g/mol. The maximum absolute atomic E-state index is 8.72. The maximum atomic E-state index is 8.72. The van der Waals surface area contributed by atoms with E-state index in [4.69, 9.17) is 5.11 Å². The standard InChI is InChI=1S/C18H24N2O/c21-14-2-1-3-16-4-6-17(7-5-16)15-19-10-12-20(13-11-19)18-8-9-18/h4-7,18,21H,2,8-15H2. The summed E-state index contributed by atoms with van der Waals surface area (Å²) in [5.74, 6) is 6.03. The van der Waals surface area contributed by atoms with Crippen LogP contribution in [0.1, 0.15) is 30.4 Å². The Kier molecular flexibility index (Phi) is 4.92. The van der Waals surface area contributed by atoms with Gasteiger partial charge in [0.2, 0.25) is 0 Å². The number of nitrogens with zero attached hydrogens (tertiary/aromatic N) is 2. The molecule has 0 radical (unpaired) electrons. The first-order valence-electron chi connectivity index (χ1n) is 8.00. The molecule has 1 aliphatic carbocycles. The highest BCUT2D eigenvalue weighted by molar-refractivity contribution is 5.36. The van der Waals surface area contributed by atoms with Crippen LogP contribution in [0.15, 0.2) is 24.3 Å². The van der Waals surface area contributed by atoms with Crippen LogP contribution in [0, 0.1) is 11.8 Å². The molecular formula is C18H24N2O. The molecule has 1 aromatic carbocycles. The van der Waals surface area contributed by atoms with E-state index >= 15 is 0 Å². The van der Waals surface area contributed by atoms with Gasteiger partial charge in [0.05, 0.1) is 6.61 Å². The molecule has 0 amide bonds. The number of hydrogen-bond donors (Lipinski definition) is 1. The van der Waals surface area contributed by atoms with Crippen molar-refractivity contribution in [2.75, 3.05) is 32.8 Å². The fourth-order valence-corrected chi connectivity index (χ4v) is 2.90. The Hall–Kier alpha value is -1.34. The van der Waals surface area contributed by atoms with Crippen molar-refractivity contribution in [3.63, 3.8) is 0 Å². The third-order valence-corrected chi connectivity index (χ3v) is 4.30. The summed E-state index contributed by atoms with van der Waals surface area (Å²) in [4.78, 5) is 5.20. The number of piperazine rings is 1. The third kappa shape index (κ3) is 4.31. The van der Waals surface area contributed by atoms with Gasteiger partial charge in [-0.2, -0.15) is 0 Å². The molecule has 1 saturated carbocycles. The van der Waals surface area contributed by atoms with Crippen LogP contribution in [-0.4, -0.2) is 53.7 Å². The highest BCUT2D eigenvalue weighted by Gasteiger charge is 2.30. The highest BCUT2D eigenvalue weighted by atomic mass is 16.2. The minimum atomic E-state index is 0.137. The zero-order chi connectivity index (χ0) is 14.5. The average molecular weight is 284 g/mol. The van der Waals surface area contributed by atoms with Gasteiger partial charge < -0.3 is 5.11 Å². The summed E-state index contributed by atoms with van der Waals surface area (Å²) in [7, 11) is 0. The van der Waals surface area contributed by atoms with Gasteiger partial charge in [0.15, 0.2) is 0 Å². The van der Waals surface area contributed by atoms with Crippen molar-refractivity contribution in [3.05, 3.63) is 35.4 Å². The molecule has 2 aliphatic rings. The van der Waals surface area contributed by atoms with E-state index in [1.54, 1.807) is 0 Å². The van der Waals surface area contributed by atoms with E-state index in [9.17, 15) is 0 Å². The first kappa shape index (κ1) is 14.6. The summed E-state index contributed by atoms with van der Waals surface area (Å²) in [6.07, 6.45) is 3.38. The SMILES string of the molecule is OCCC#Cc1ccc(CN2CCN(C3CC3)CC2)cc1. The third-order valence-electron chi connectivity index (χ3n) is 4.30. The number of hydrogen-bond acceptors (Lipinski definition) is 3. The van der Waals surface area contributed by atoms with Crippen molar-refractivity contribution in [3.8, 4) is 11.8 Å². The van der Waals surface area contributed by atoms with E-state index in [0.717, 1.165) is 18.2 Å². The largest absolute Gasteiger partial charge is 0.395 e. The second-order valence-corrected chi connectivity index (χ2v) is 6.02. The van der Waals surface area contributed by atoms with Crippen molar-refractivity contribution in [2.45, 2.75) is 31.8 Å². The number of rotatable bonds is 4. The Labute approximate surface area is 127 Å². The molecule has 1 N–H and O–H groups in total. The molecule has 1 aliphatic heterocycles. The van der Waals surface area contributed by atoms with Gasteiger partial charge in [-0.25, -0.2) is 0 Å². The molecule has 3 heteroatoms. The lowest BCUT2D eigenvalue weighted by atomic mass is 10.1. The van der Waals surface area contributed by atoms with Crippen molar-refractivity contribution in [1.29, 1.82) is 0 Å². The highest BCUT2D eigenvalue weighted by Crippen LogP contribution is 2.27. The molecule has 0 spiro atoms. The molecule has 3 rings (SSSR count). The van der Waals surface area contributed by atoms with Gasteiger partial charge in [0, 0.05) is 50.7 Å². The van der Waals surface area contributed by atoms with Crippen molar-refractivity contribution in [2.24, 2.45) is 0 Å². The van der Waals surface area contributed by atoms with Gasteiger partial charge in [0.25, 0.3) is 0 Å². The molecule has 0 bridgehead atoms. The van der Waals surface area contributed by atoms with E-state index in [2.05, 4.69) is 45.9 Å². The number of benzene rings is 1. The van der Waals surface area contributed by atoms with Crippen LogP contribution in [-0.2, 0) is 6.54 Å². The minimum Gasteiger partial charge on any atom is -0.395 e. The summed E-state index contributed by atoms with van der Waals surface area (Å²) in [6, 6.07) is 9.43. The van der Waals surface area contributed by atoms with Gasteiger partial charge in [-0.3, -0.25) is 9.80 Å². The summed E-state index contributed by atoms with van der Waals surface area (Å²) in [5, 5.41) is 8.72. The summed E-state index contributed by atoms with van der Waals surface area (Å²) < 4.78 is 0. The Bertz CT molecular complexity index is 502. The van der Waals surface area contributed by atoms with E-state index < -0.39 is 0 Å². The average Bonchev–Trinajstić information content (AvgIpc) is 3.35. The first-order valence-corrected chi connectivity index (χ1v) is 8.00. The predicted octanol–water partition coefficient (Wildman–Crippen LogP) is 1.70. The van der Waals surface area contributed by atoms with Crippen LogP contribution in [0.3, 0.4) is 0 Å². The quantitative estimate of drug-likeness (QED) is 0.853. The van der Waals surface area contributed by atoms with Crippen LogP contribution < -0.4 is 0 Å². The monoisotopic (exact) mass is 284 g/mol. The second-order valence-electron chi connectivity index (χ2n) is 6.02. The smallest absolute Gasteiger partial charge is 0.0540 e. The predicted molar refractivity (Wildman–Crippen MR) is 84.9 cm³/mol. The van der Waals surface area contributed by atoms with Crippen LogP contribution >= 0.6 is 0 Å². The lowest BCUT2D eigenvalue weighted by molar-refractivity contribution is 0.121. The van der Waals surface area contributed by atoms with Gasteiger partial charge >= 0.3 is 0 Å². The lowest BCUT2D eigenvalue weighted by Gasteiger charge is -2.34. The topological polar surface area (TPSA) is 26.7 Å². The van der Waals surface area contributed by atoms with Crippen LogP contribution in [0.25, 0.3) is 0 Å². The van der Waals surface area contributed by atoms with Crippen molar-refractivity contribution in [1.82, 2.24) is 9.80 Å². The lowest BCUT2D eigenvalue weighted by Crippen LogP contribution is -2.46. The molecule has 2 fully saturated rings. The maximum Gasteiger partial charge on any atom is 0.0540 e. The summed E-state index contributed by atoms with van der Waals surface area (Å²) in [5.41, 5.74) is 2.40. The Morgan fingerprint density at radius 3 is 2.38 bits per heavy atom. The van der Waals surface area contributed by atoms with Gasteiger partial charge in [-0.15, -0.1) is 0 Å². The molecule has 112 valence electrons. The number of aliphatic hydroxyl groups excluding tert-OH is 1. The zero-order valence-corrected chi connectivity index (χ0v) is 12.6. The molecule has 1 saturated heterocycles. The molecule has 0 aromatic heterocycles. The summed E-state index contributed by atoms with van der Waals surface area (Å²) >= 11 is 0. The summed E-state index contributed by atoms with van der Waals surface area (Å²) in [6.45, 7) is 6.02. The van der Waals surface area contributed by atoms with E-state index in [1.165, 1.54) is 44.6 Å². The van der Waals surface area contributed by atoms with E-state index in [1.807, 2.05) is 0 Å². The van der Waals surface area contributed by atoms with Crippen molar-refractivity contribution >= 4 is 0 Å². The molecule has 1 heterocycles. The van der Waals surface area contributed by atoms with Gasteiger partial charge in [0.1, 0.15) is 0 Å². The number of aliphatic hydroxyl groups is 1. The van der Waals surface area contributed by atoms with E-state index in [0.29, 0.717) is 6.42 Å². The van der Waals surface area contributed by atoms with Crippen molar-refractivity contribution < 1.29 is 5.11 Å². The Morgan fingerprint density at radius 2 is 1.76 bits per heavy atom. The molecule has 21 heavy (non-hydrogen) atoms. The van der Waals surface area contributed by atoms with Gasteiger partial charge in [-0.05, 0) is 30.5 Å². The second kappa shape index (κ2) is 7.09. The minimum absolute atomic E-state index is 0.137. The van der Waals surface area contributed by atoms with Crippen LogP contribution in [0.2, 0.25) is 0 Å². The molecule has 3 nitrogen and oxygen atoms in total. The molecule has 1 aromatic rings. The Morgan fingerprint density at radius 1 is 1.05 bits per heavy atom. The molecule has 0 unspecified atom stereocenters. The first-order chi connectivity index (χ1) is 10.3. The molecule has 0 atom stereocenters. The van der Waals surface area contributed by atoms with E-state index in [-0.39, 0.29) is 6.61 Å². The Balaban J connectivity index is 1.48. The normalized spacial score (nSPS) is 20.0. The fraction of sp³-hybridized carbons (Fsp3) is 0.556. The fourth-order valence-electron chi connectivity index (χ4n) is 2.90. The van der Waals surface area contributed by atoms with Crippen LogP contribution in [0.5, 0.6) is 0 Å². The van der Waals surface area contributed by atoms with Gasteiger partial charge in [-0.1, -0.05) is 24.0 Å².